The lowest BCUT2D eigenvalue weighted by Gasteiger charge is -2.35. The quantitative estimate of drug-likeness (QED) is 0.762. The lowest BCUT2D eigenvalue weighted by molar-refractivity contribution is -0.126. The maximum atomic E-state index is 13.7. The Morgan fingerprint density at radius 1 is 0.964 bits per heavy atom. The van der Waals surface area contributed by atoms with Crippen molar-refractivity contribution in [3.05, 3.63) is 54.0 Å². The number of aromatic nitrogens is 2. The fourth-order valence-electron chi connectivity index (χ4n) is 3.62. The zero-order valence-corrected chi connectivity index (χ0v) is 15.8. The van der Waals surface area contributed by atoms with E-state index in [0.29, 0.717) is 18.7 Å². The Morgan fingerprint density at radius 2 is 1.71 bits per heavy atom. The van der Waals surface area contributed by atoms with Crippen LogP contribution in [-0.2, 0) is 4.79 Å². The van der Waals surface area contributed by atoms with Crippen molar-refractivity contribution in [2.45, 2.75) is 12.8 Å². The van der Waals surface area contributed by atoms with E-state index in [4.69, 9.17) is 4.98 Å². The van der Waals surface area contributed by atoms with Gasteiger partial charge < -0.3 is 14.7 Å². The summed E-state index contributed by atoms with van der Waals surface area (Å²) in [6.45, 7) is 4.69. The minimum atomic E-state index is -0.325. The second kappa shape index (κ2) is 8.37. The molecule has 0 N–H and O–H groups in total. The van der Waals surface area contributed by atoms with Gasteiger partial charge in [0.1, 0.15) is 11.6 Å². The fourth-order valence-corrected chi connectivity index (χ4v) is 3.62. The van der Waals surface area contributed by atoms with Gasteiger partial charge in [-0.15, -0.1) is 0 Å². The summed E-state index contributed by atoms with van der Waals surface area (Å²) in [7, 11) is 0. The van der Waals surface area contributed by atoms with Gasteiger partial charge in [0.25, 0.3) is 0 Å². The predicted octanol–water partition coefficient (Wildman–Crippen LogP) is 2.58. The number of hydrogen-bond acceptors (Lipinski definition) is 5. The van der Waals surface area contributed by atoms with E-state index in [9.17, 15) is 9.18 Å². The lowest BCUT2D eigenvalue weighted by Crippen LogP contribution is -2.48. The van der Waals surface area contributed by atoms with Crippen molar-refractivity contribution in [1.29, 1.82) is 0 Å². The molecule has 28 heavy (non-hydrogen) atoms. The van der Waals surface area contributed by atoms with Crippen LogP contribution in [0.15, 0.2) is 42.6 Å². The van der Waals surface area contributed by atoms with Gasteiger partial charge in [0.05, 0.1) is 0 Å². The van der Waals surface area contributed by atoms with Gasteiger partial charge in [0.15, 0.2) is 0 Å². The third-order valence-electron chi connectivity index (χ3n) is 5.24. The van der Waals surface area contributed by atoms with Gasteiger partial charge in [-0.1, -0.05) is 18.2 Å². The molecule has 7 heteroatoms. The molecule has 6 nitrogen and oxygen atoms in total. The summed E-state index contributed by atoms with van der Waals surface area (Å²) in [4.78, 5) is 27.7. The molecule has 0 saturated carbocycles. The Kier molecular flexibility index (Phi) is 5.50. The normalized spacial score (nSPS) is 17.5. The number of carbonyl (C=O) groups excluding carboxylic acids is 1. The largest absolute Gasteiger partial charge is 0.353 e. The molecule has 0 spiro atoms. The van der Waals surface area contributed by atoms with Crippen molar-refractivity contribution in [2.75, 3.05) is 49.1 Å². The van der Waals surface area contributed by atoms with Gasteiger partial charge in [0.2, 0.25) is 11.9 Å². The van der Waals surface area contributed by atoms with Crippen LogP contribution in [0.4, 0.5) is 16.2 Å². The van der Waals surface area contributed by atoms with E-state index in [0.717, 1.165) is 37.9 Å². The Morgan fingerprint density at radius 3 is 2.46 bits per heavy atom. The van der Waals surface area contributed by atoms with E-state index in [2.05, 4.69) is 14.8 Å². The Hall–Kier alpha value is -2.96. The van der Waals surface area contributed by atoms with Crippen LogP contribution in [0.1, 0.15) is 18.4 Å². The highest BCUT2D eigenvalue weighted by molar-refractivity contribution is 5.92. The molecule has 0 unspecified atom stereocenters. The van der Waals surface area contributed by atoms with Gasteiger partial charge in [-0.3, -0.25) is 4.79 Å². The van der Waals surface area contributed by atoms with Crippen LogP contribution in [0, 0.1) is 5.82 Å². The number of piperazine rings is 1. The van der Waals surface area contributed by atoms with Gasteiger partial charge in [-0.2, -0.15) is 4.98 Å². The third-order valence-corrected chi connectivity index (χ3v) is 5.24. The molecule has 4 rings (SSSR count). The van der Waals surface area contributed by atoms with Crippen molar-refractivity contribution < 1.29 is 9.18 Å². The average molecular weight is 381 g/mol. The topological polar surface area (TPSA) is 52.6 Å². The second-order valence-corrected chi connectivity index (χ2v) is 7.08. The lowest BCUT2D eigenvalue weighted by atomic mass is 10.2. The molecule has 146 valence electrons. The number of benzene rings is 1. The van der Waals surface area contributed by atoms with E-state index in [1.807, 2.05) is 12.3 Å². The van der Waals surface area contributed by atoms with Gasteiger partial charge in [-0.25, -0.2) is 9.37 Å². The van der Waals surface area contributed by atoms with Crippen LogP contribution in [0.5, 0.6) is 0 Å². The Labute approximate surface area is 164 Å². The van der Waals surface area contributed by atoms with E-state index in [1.165, 1.54) is 31.1 Å². The number of rotatable bonds is 4. The molecule has 0 aliphatic carbocycles. The molecule has 1 aromatic heterocycles. The zero-order valence-electron chi connectivity index (χ0n) is 15.8. The number of anilines is 2. The van der Waals surface area contributed by atoms with Crippen LogP contribution in [0.3, 0.4) is 0 Å². The molecule has 2 saturated heterocycles. The first kappa shape index (κ1) is 18.4. The van der Waals surface area contributed by atoms with Crippen LogP contribution >= 0.6 is 0 Å². The highest BCUT2D eigenvalue weighted by atomic mass is 19.1. The molecular weight excluding hydrogens is 357 g/mol. The minimum absolute atomic E-state index is 0.0941. The van der Waals surface area contributed by atoms with Gasteiger partial charge in [0, 0.05) is 57.1 Å². The van der Waals surface area contributed by atoms with Crippen LogP contribution in [-0.4, -0.2) is 60.0 Å². The van der Waals surface area contributed by atoms with Crippen LogP contribution in [0.2, 0.25) is 0 Å². The summed E-state index contributed by atoms with van der Waals surface area (Å²) in [5, 5.41) is 0. The molecule has 1 aromatic carbocycles. The van der Waals surface area contributed by atoms with E-state index in [-0.39, 0.29) is 11.7 Å². The second-order valence-electron chi connectivity index (χ2n) is 7.08. The van der Waals surface area contributed by atoms with Crippen molar-refractivity contribution >= 4 is 23.7 Å². The molecule has 0 bridgehead atoms. The third kappa shape index (κ3) is 4.13. The Balaban J connectivity index is 1.35. The average Bonchev–Trinajstić information content (AvgIpc) is 3.28. The monoisotopic (exact) mass is 381 g/mol. The molecule has 0 atom stereocenters. The van der Waals surface area contributed by atoms with Gasteiger partial charge in [-0.05, 0) is 31.1 Å². The summed E-state index contributed by atoms with van der Waals surface area (Å²) < 4.78 is 13.7. The molecule has 2 fully saturated rings. The maximum Gasteiger partial charge on any atom is 0.246 e. The number of halogens is 1. The number of carbonyl (C=O) groups is 1. The first-order chi connectivity index (χ1) is 13.7. The van der Waals surface area contributed by atoms with Crippen LogP contribution < -0.4 is 9.80 Å². The van der Waals surface area contributed by atoms with Crippen molar-refractivity contribution in [3.63, 3.8) is 0 Å². The molecular formula is C21H24FN5O. The highest BCUT2D eigenvalue weighted by Gasteiger charge is 2.22. The highest BCUT2D eigenvalue weighted by Crippen LogP contribution is 2.20. The summed E-state index contributed by atoms with van der Waals surface area (Å²) >= 11 is 0. The first-order valence-corrected chi connectivity index (χ1v) is 9.75. The summed E-state index contributed by atoms with van der Waals surface area (Å²) in [5.74, 6) is 1.28. The summed E-state index contributed by atoms with van der Waals surface area (Å²) in [6.07, 6.45) is 7.18. The summed E-state index contributed by atoms with van der Waals surface area (Å²) in [6, 6.07) is 8.36. The Bertz CT molecular complexity index is 857. The minimum Gasteiger partial charge on any atom is -0.353 e. The molecule has 3 heterocycles. The fraction of sp³-hybridized carbons (Fsp3) is 0.381. The van der Waals surface area contributed by atoms with Crippen molar-refractivity contribution in [1.82, 2.24) is 14.9 Å². The van der Waals surface area contributed by atoms with Crippen molar-refractivity contribution in [3.8, 4) is 0 Å². The summed E-state index contributed by atoms with van der Waals surface area (Å²) in [5.41, 5.74) is 0.421. The van der Waals surface area contributed by atoms with E-state index < -0.39 is 0 Å². The molecule has 2 aliphatic heterocycles. The number of hydrogen-bond donors (Lipinski definition) is 0. The van der Waals surface area contributed by atoms with Crippen LogP contribution in [0.25, 0.3) is 6.08 Å². The molecule has 0 radical (unpaired) electrons. The molecule has 2 aromatic rings. The maximum absolute atomic E-state index is 13.7. The van der Waals surface area contributed by atoms with E-state index >= 15 is 0 Å². The van der Waals surface area contributed by atoms with Gasteiger partial charge >= 0.3 is 0 Å². The number of amides is 1. The first-order valence-electron chi connectivity index (χ1n) is 9.75. The smallest absolute Gasteiger partial charge is 0.246 e. The van der Waals surface area contributed by atoms with E-state index in [1.54, 1.807) is 23.1 Å². The molecule has 2 aliphatic rings. The van der Waals surface area contributed by atoms with Crippen molar-refractivity contribution in [2.24, 2.45) is 0 Å². The zero-order chi connectivity index (χ0) is 19.3. The predicted molar refractivity (Wildman–Crippen MR) is 108 cm³/mol. The molecule has 1 amide bonds. The number of nitrogens with zero attached hydrogens (tertiary/aromatic N) is 5. The standard InChI is InChI=1S/C21H24FN5O/c22-18-6-2-1-5-17(18)7-8-20(28)26-15-13-25(14-16-26)19-9-10-23-21(24-19)27-11-3-4-12-27/h1-2,5-10H,3-4,11-16H2/b8-7+. The SMILES string of the molecule is O=C(/C=C/c1ccccc1F)N1CCN(c2ccnc(N3CCCC3)n2)CC1.